The van der Waals surface area contributed by atoms with Gasteiger partial charge in [0, 0.05) is 12.4 Å². The SMILES string of the molecule is CCOc1ccccc1-n1nnnc1SCC1CCCO1. The summed E-state index contributed by atoms with van der Waals surface area (Å²) in [7, 11) is 0. The highest BCUT2D eigenvalue weighted by molar-refractivity contribution is 7.99. The molecule has 1 aromatic heterocycles. The van der Waals surface area contributed by atoms with Gasteiger partial charge in [0.05, 0.1) is 12.7 Å². The number of ether oxygens (including phenoxy) is 2. The summed E-state index contributed by atoms with van der Waals surface area (Å²) in [4.78, 5) is 0. The first-order valence-corrected chi connectivity index (χ1v) is 8.12. The van der Waals surface area contributed by atoms with Crippen LogP contribution in [0.2, 0.25) is 0 Å². The fourth-order valence-corrected chi connectivity index (χ4v) is 3.22. The van der Waals surface area contributed by atoms with Crippen LogP contribution in [0, 0.1) is 0 Å². The summed E-state index contributed by atoms with van der Waals surface area (Å²) in [5.41, 5.74) is 0.860. The molecule has 0 aliphatic carbocycles. The second-order valence-electron chi connectivity index (χ2n) is 4.72. The Morgan fingerprint density at radius 2 is 2.33 bits per heavy atom. The molecule has 1 aromatic carbocycles. The first-order valence-electron chi connectivity index (χ1n) is 7.13. The minimum absolute atomic E-state index is 0.308. The van der Waals surface area contributed by atoms with Crippen LogP contribution in [0.3, 0.4) is 0 Å². The molecular weight excluding hydrogens is 288 g/mol. The number of hydrogen-bond acceptors (Lipinski definition) is 6. The maximum absolute atomic E-state index is 5.64. The van der Waals surface area contributed by atoms with Crippen molar-refractivity contribution in [1.82, 2.24) is 20.2 Å². The predicted molar refractivity (Wildman–Crippen MR) is 80.0 cm³/mol. The van der Waals surface area contributed by atoms with Crippen LogP contribution in [-0.2, 0) is 4.74 Å². The predicted octanol–water partition coefficient (Wildman–Crippen LogP) is 2.33. The van der Waals surface area contributed by atoms with E-state index in [9.17, 15) is 0 Å². The molecule has 1 atom stereocenters. The fourth-order valence-electron chi connectivity index (χ4n) is 2.27. The van der Waals surface area contributed by atoms with Crippen molar-refractivity contribution in [3.63, 3.8) is 0 Å². The van der Waals surface area contributed by atoms with Crippen LogP contribution in [-0.4, -0.2) is 45.3 Å². The van der Waals surface area contributed by atoms with Gasteiger partial charge in [-0.2, -0.15) is 4.68 Å². The van der Waals surface area contributed by atoms with Crippen LogP contribution >= 0.6 is 11.8 Å². The molecule has 2 aromatic rings. The second-order valence-corrected chi connectivity index (χ2v) is 5.71. The Balaban J connectivity index is 1.78. The van der Waals surface area contributed by atoms with Crippen LogP contribution in [0.25, 0.3) is 5.69 Å². The number of aromatic nitrogens is 4. The Morgan fingerprint density at radius 1 is 1.43 bits per heavy atom. The Bertz CT molecular complexity index is 584. The lowest BCUT2D eigenvalue weighted by Gasteiger charge is -2.11. The molecule has 2 heterocycles. The van der Waals surface area contributed by atoms with E-state index in [1.165, 1.54) is 0 Å². The third-order valence-corrected chi connectivity index (χ3v) is 4.31. The molecule has 6 nitrogen and oxygen atoms in total. The topological polar surface area (TPSA) is 62.1 Å². The van der Waals surface area contributed by atoms with Crippen LogP contribution < -0.4 is 4.74 Å². The number of para-hydroxylation sites is 2. The molecule has 1 unspecified atom stereocenters. The lowest BCUT2D eigenvalue weighted by atomic mass is 10.3. The van der Waals surface area contributed by atoms with Crippen LogP contribution in [0.4, 0.5) is 0 Å². The second kappa shape index (κ2) is 6.91. The average Bonchev–Trinajstić information content (AvgIpc) is 3.17. The lowest BCUT2D eigenvalue weighted by Crippen LogP contribution is -2.09. The van der Waals surface area contributed by atoms with Crippen molar-refractivity contribution in [3.8, 4) is 11.4 Å². The van der Waals surface area contributed by atoms with E-state index in [0.717, 1.165) is 41.8 Å². The first-order chi connectivity index (χ1) is 10.4. The molecule has 1 aliphatic rings. The van der Waals surface area contributed by atoms with E-state index in [1.54, 1.807) is 16.4 Å². The number of rotatable bonds is 6. The van der Waals surface area contributed by atoms with E-state index in [0.29, 0.717) is 12.7 Å². The van der Waals surface area contributed by atoms with Crippen molar-refractivity contribution in [3.05, 3.63) is 24.3 Å². The minimum Gasteiger partial charge on any atom is -0.492 e. The Hall–Kier alpha value is -1.60. The molecular formula is C14H18N4O2S. The first kappa shape index (κ1) is 14.3. The monoisotopic (exact) mass is 306 g/mol. The molecule has 0 amide bonds. The van der Waals surface area contributed by atoms with E-state index in [1.807, 2.05) is 31.2 Å². The van der Waals surface area contributed by atoms with Crippen molar-refractivity contribution >= 4 is 11.8 Å². The zero-order chi connectivity index (χ0) is 14.5. The summed E-state index contributed by atoms with van der Waals surface area (Å²) in [6, 6.07) is 7.78. The third-order valence-electron chi connectivity index (χ3n) is 3.26. The summed E-state index contributed by atoms with van der Waals surface area (Å²) in [6.45, 7) is 3.43. The maximum Gasteiger partial charge on any atom is 0.214 e. The van der Waals surface area contributed by atoms with E-state index >= 15 is 0 Å². The molecule has 1 saturated heterocycles. The number of hydrogen-bond donors (Lipinski definition) is 0. The van der Waals surface area contributed by atoms with Gasteiger partial charge in [0.15, 0.2) is 0 Å². The molecule has 0 bridgehead atoms. The highest BCUT2D eigenvalue weighted by Gasteiger charge is 2.19. The van der Waals surface area contributed by atoms with Crippen LogP contribution in [0.15, 0.2) is 29.4 Å². The number of thioether (sulfide) groups is 1. The van der Waals surface area contributed by atoms with Gasteiger partial charge in [-0.05, 0) is 42.3 Å². The molecule has 112 valence electrons. The van der Waals surface area contributed by atoms with Gasteiger partial charge in [0.25, 0.3) is 0 Å². The zero-order valence-corrected chi connectivity index (χ0v) is 12.8. The van der Waals surface area contributed by atoms with E-state index < -0.39 is 0 Å². The molecule has 1 fully saturated rings. The highest BCUT2D eigenvalue weighted by Crippen LogP contribution is 2.27. The standard InChI is InChI=1S/C14H18N4O2S/c1-2-19-13-8-4-3-7-12(13)18-14(15-16-17-18)21-10-11-6-5-9-20-11/h3-4,7-8,11H,2,5-6,9-10H2,1H3. The van der Waals surface area contributed by atoms with E-state index in [4.69, 9.17) is 9.47 Å². The average molecular weight is 306 g/mol. The van der Waals surface area contributed by atoms with Crippen molar-refractivity contribution in [2.75, 3.05) is 19.0 Å². The summed E-state index contributed by atoms with van der Waals surface area (Å²) >= 11 is 1.62. The summed E-state index contributed by atoms with van der Waals surface area (Å²) in [5.74, 6) is 1.66. The molecule has 0 radical (unpaired) electrons. The normalized spacial score (nSPS) is 18.0. The van der Waals surface area contributed by atoms with E-state index in [-0.39, 0.29) is 0 Å². The minimum atomic E-state index is 0.308. The van der Waals surface area contributed by atoms with Crippen molar-refractivity contribution in [2.45, 2.75) is 31.0 Å². The summed E-state index contributed by atoms with van der Waals surface area (Å²) < 4.78 is 13.0. The van der Waals surface area contributed by atoms with Gasteiger partial charge in [0.1, 0.15) is 11.4 Å². The molecule has 3 rings (SSSR count). The lowest BCUT2D eigenvalue weighted by molar-refractivity contribution is 0.129. The molecule has 7 heteroatoms. The largest absolute Gasteiger partial charge is 0.492 e. The number of benzene rings is 1. The van der Waals surface area contributed by atoms with Gasteiger partial charge < -0.3 is 9.47 Å². The quantitative estimate of drug-likeness (QED) is 0.763. The smallest absolute Gasteiger partial charge is 0.214 e. The third kappa shape index (κ3) is 3.36. The molecule has 0 saturated carbocycles. The van der Waals surface area contributed by atoms with Gasteiger partial charge in [-0.1, -0.05) is 23.9 Å². The molecule has 0 spiro atoms. The van der Waals surface area contributed by atoms with Gasteiger partial charge in [-0.3, -0.25) is 0 Å². The van der Waals surface area contributed by atoms with Crippen molar-refractivity contribution in [1.29, 1.82) is 0 Å². The highest BCUT2D eigenvalue weighted by atomic mass is 32.2. The van der Waals surface area contributed by atoms with Crippen LogP contribution in [0.1, 0.15) is 19.8 Å². The van der Waals surface area contributed by atoms with Crippen molar-refractivity contribution < 1.29 is 9.47 Å². The van der Waals surface area contributed by atoms with Gasteiger partial charge in [0.2, 0.25) is 5.16 Å². The summed E-state index contributed by atoms with van der Waals surface area (Å²) in [5, 5.41) is 12.7. The molecule has 1 aliphatic heterocycles. The summed E-state index contributed by atoms with van der Waals surface area (Å²) in [6.07, 6.45) is 2.57. The molecule has 0 N–H and O–H groups in total. The maximum atomic E-state index is 5.64. The van der Waals surface area contributed by atoms with Crippen molar-refractivity contribution in [2.24, 2.45) is 0 Å². The van der Waals surface area contributed by atoms with Gasteiger partial charge in [-0.15, -0.1) is 5.10 Å². The zero-order valence-electron chi connectivity index (χ0n) is 11.9. The van der Waals surface area contributed by atoms with Gasteiger partial charge >= 0.3 is 0 Å². The Kier molecular flexibility index (Phi) is 4.72. The Morgan fingerprint density at radius 3 is 3.14 bits per heavy atom. The molecule has 21 heavy (non-hydrogen) atoms. The fraction of sp³-hybridized carbons (Fsp3) is 0.500. The van der Waals surface area contributed by atoms with E-state index in [2.05, 4.69) is 15.5 Å². The Labute approximate surface area is 127 Å². The van der Waals surface area contributed by atoms with Crippen LogP contribution in [0.5, 0.6) is 5.75 Å². The number of nitrogens with zero attached hydrogens (tertiary/aromatic N) is 4. The number of tetrazole rings is 1. The van der Waals surface area contributed by atoms with Gasteiger partial charge in [-0.25, -0.2) is 0 Å².